The first kappa shape index (κ1) is 11.1. The molecule has 2 N–H and O–H groups in total. The van der Waals surface area contributed by atoms with E-state index in [4.69, 9.17) is 0 Å². The van der Waals surface area contributed by atoms with E-state index in [-0.39, 0.29) is 11.3 Å². The predicted octanol–water partition coefficient (Wildman–Crippen LogP) is 1.32. The van der Waals surface area contributed by atoms with Gasteiger partial charge in [0.25, 0.3) is 0 Å². The molecule has 17 heavy (non-hydrogen) atoms. The molecule has 3 rings (SSSR count). The van der Waals surface area contributed by atoms with Crippen molar-refractivity contribution in [1.29, 1.82) is 0 Å². The summed E-state index contributed by atoms with van der Waals surface area (Å²) in [6.07, 6.45) is 4.30. The number of aryl methyl sites for hydroxylation is 1. The van der Waals surface area contributed by atoms with Gasteiger partial charge in [-0.1, -0.05) is 24.2 Å². The third-order valence-corrected chi connectivity index (χ3v) is 4.52. The number of anilines is 1. The Hall–Kier alpha value is -1.01. The van der Waals surface area contributed by atoms with E-state index < -0.39 is 0 Å². The molecule has 2 aliphatic rings. The fourth-order valence-electron chi connectivity index (χ4n) is 2.76. The number of rotatable bonds is 3. The molecule has 0 radical (unpaired) electrons. The molecule has 1 aromatic heterocycles. The first-order chi connectivity index (χ1) is 8.21. The van der Waals surface area contributed by atoms with Crippen molar-refractivity contribution in [3.05, 3.63) is 5.01 Å². The molecule has 1 unspecified atom stereocenters. The first-order valence-electron chi connectivity index (χ1n) is 6.06. The average Bonchev–Trinajstić information content (AvgIpc) is 2.90. The number of aromatic nitrogens is 2. The molecule has 0 bridgehead atoms. The molecule has 1 amide bonds. The van der Waals surface area contributed by atoms with Gasteiger partial charge in [0.15, 0.2) is 0 Å². The molecule has 0 spiro atoms. The Morgan fingerprint density at radius 3 is 2.71 bits per heavy atom. The van der Waals surface area contributed by atoms with E-state index >= 15 is 0 Å². The zero-order valence-electron chi connectivity index (χ0n) is 9.82. The molecule has 1 saturated heterocycles. The van der Waals surface area contributed by atoms with Gasteiger partial charge in [-0.2, -0.15) is 0 Å². The van der Waals surface area contributed by atoms with Crippen LogP contribution in [0.15, 0.2) is 0 Å². The molecule has 6 heteroatoms. The van der Waals surface area contributed by atoms with E-state index in [9.17, 15) is 4.79 Å². The zero-order valence-corrected chi connectivity index (χ0v) is 10.6. The van der Waals surface area contributed by atoms with Gasteiger partial charge in [-0.05, 0) is 19.8 Å². The van der Waals surface area contributed by atoms with Crippen molar-refractivity contribution in [1.82, 2.24) is 15.5 Å². The van der Waals surface area contributed by atoms with Gasteiger partial charge in [-0.15, -0.1) is 10.2 Å². The molecular formula is C11H16N4OS. The van der Waals surface area contributed by atoms with Crippen LogP contribution in [0.3, 0.4) is 0 Å². The molecular weight excluding hydrogens is 236 g/mol. The highest BCUT2D eigenvalue weighted by atomic mass is 32.1. The third-order valence-electron chi connectivity index (χ3n) is 3.77. The number of nitrogens with one attached hydrogen (secondary N) is 2. The Labute approximate surface area is 104 Å². The highest BCUT2D eigenvalue weighted by Gasteiger charge is 2.52. The molecule has 1 aliphatic heterocycles. The second-order valence-electron chi connectivity index (χ2n) is 4.90. The highest BCUT2D eigenvalue weighted by molar-refractivity contribution is 7.15. The van der Waals surface area contributed by atoms with Crippen LogP contribution >= 0.6 is 11.3 Å². The molecule has 92 valence electrons. The lowest BCUT2D eigenvalue weighted by Crippen LogP contribution is -2.39. The van der Waals surface area contributed by atoms with Gasteiger partial charge in [0.2, 0.25) is 11.0 Å². The van der Waals surface area contributed by atoms with Gasteiger partial charge in [-0.25, -0.2) is 0 Å². The number of carbonyl (C=O) groups is 1. The lowest BCUT2D eigenvalue weighted by Gasteiger charge is -2.25. The van der Waals surface area contributed by atoms with Crippen molar-refractivity contribution < 1.29 is 4.79 Å². The Morgan fingerprint density at radius 1 is 1.47 bits per heavy atom. The summed E-state index contributed by atoms with van der Waals surface area (Å²) in [5, 5.41) is 15.6. The third kappa shape index (κ3) is 1.95. The summed E-state index contributed by atoms with van der Waals surface area (Å²) >= 11 is 1.43. The van der Waals surface area contributed by atoms with Gasteiger partial charge < -0.3 is 5.32 Å². The van der Waals surface area contributed by atoms with Crippen LogP contribution in [0, 0.1) is 12.3 Å². The van der Waals surface area contributed by atoms with Crippen LogP contribution < -0.4 is 10.6 Å². The van der Waals surface area contributed by atoms with Crippen molar-refractivity contribution in [2.75, 3.05) is 11.9 Å². The lowest BCUT2D eigenvalue weighted by molar-refractivity contribution is -0.125. The minimum absolute atomic E-state index is 0.126. The number of nitrogens with zero attached hydrogens (tertiary/aromatic N) is 2. The van der Waals surface area contributed by atoms with Gasteiger partial charge in [0, 0.05) is 12.6 Å². The molecule has 1 atom stereocenters. The maximum atomic E-state index is 12.4. The van der Waals surface area contributed by atoms with E-state index in [1.165, 1.54) is 11.3 Å². The SMILES string of the molecule is Cc1nnc(NC(=O)C2(C3CN3)CCCC2)s1. The van der Waals surface area contributed by atoms with Crippen molar-refractivity contribution >= 4 is 22.4 Å². The Morgan fingerprint density at radius 2 is 2.18 bits per heavy atom. The molecule has 1 aromatic rings. The molecule has 2 fully saturated rings. The number of hydrogen-bond donors (Lipinski definition) is 2. The predicted molar refractivity (Wildman–Crippen MR) is 66.0 cm³/mol. The van der Waals surface area contributed by atoms with E-state index in [2.05, 4.69) is 20.8 Å². The summed E-state index contributed by atoms with van der Waals surface area (Å²) in [6.45, 7) is 2.86. The number of carbonyl (C=O) groups excluding carboxylic acids is 1. The number of amides is 1. The summed E-state index contributed by atoms with van der Waals surface area (Å²) in [4.78, 5) is 12.4. The maximum absolute atomic E-state index is 12.4. The first-order valence-corrected chi connectivity index (χ1v) is 6.87. The summed E-state index contributed by atoms with van der Waals surface area (Å²) in [6, 6.07) is 0.374. The van der Waals surface area contributed by atoms with E-state index in [1.807, 2.05) is 6.92 Å². The summed E-state index contributed by atoms with van der Waals surface area (Å²) in [5.74, 6) is 0.126. The van der Waals surface area contributed by atoms with Crippen LogP contribution in [0.25, 0.3) is 0 Å². The van der Waals surface area contributed by atoms with Crippen LogP contribution in [0.1, 0.15) is 30.7 Å². The van der Waals surface area contributed by atoms with Crippen molar-refractivity contribution in [3.8, 4) is 0 Å². The normalized spacial score (nSPS) is 25.8. The summed E-state index contributed by atoms with van der Waals surface area (Å²) in [7, 11) is 0. The molecule has 5 nitrogen and oxygen atoms in total. The average molecular weight is 252 g/mol. The Bertz CT molecular complexity index is 434. The van der Waals surface area contributed by atoms with E-state index in [0.29, 0.717) is 11.2 Å². The largest absolute Gasteiger partial charge is 0.310 e. The molecule has 1 aliphatic carbocycles. The van der Waals surface area contributed by atoms with Crippen molar-refractivity contribution in [3.63, 3.8) is 0 Å². The van der Waals surface area contributed by atoms with Crippen LogP contribution in [-0.4, -0.2) is 28.7 Å². The van der Waals surface area contributed by atoms with Crippen LogP contribution in [0.2, 0.25) is 0 Å². The molecule has 2 heterocycles. The van der Waals surface area contributed by atoms with E-state index in [0.717, 1.165) is 37.2 Å². The van der Waals surface area contributed by atoms with Gasteiger partial charge in [0.05, 0.1) is 5.41 Å². The quantitative estimate of drug-likeness (QED) is 0.795. The topological polar surface area (TPSA) is 76.8 Å². The second-order valence-corrected chi connectivity index (χ2v) is 6.09. The standard InChI is InChI=1S/C11H16N4OS/c1-7-14-15-10(17-7)13-9(16)11(8-6-12-8)4-2-3-5-11/h8,12H,2-6H2,1H3,(H,13,15,16). The minimum Gasteiger partial charge on any atom is -0.310 e. The van der Waals surface area contributed by atoms with Crippen molar-refractivity contribution in [2.45, 2.75) is 38.6 Å². The monoisotopic (exact) mass is 252 g/mol. The van der Waals surface area contributed by atoms with Crippen LogP contribution in [-0.2, 0) is 4.79 Å². The maximum Gasteiger partial charge on any atom is 0.234 e. The summed E-state index contributed by atoms with van der Waals surface area (Å²) in [5.41, 5.74) is -0.195. The Balaban J connectivity index is 1.76. The van der Waals surface area contributed by atoms with Gasteiger partial charge in [0.1, 0.15) is 5.01 Å². The van der Waals surface area contributed by atoms with Crippen LogP contribution in [0.5, 0.6) is 0 Å². The minimum atomic E-state index is -0.195. The van der Waals surface area contributed by atoms with Gasteiger partial charge >= 0.3 is 0 Å². The van der Waals surface area contributed by atoms with Crippen LogP contribution in [0.4, 0.5) is 5.13 Å². The van der Waals surface area contributed by atoms with Crippen molar-refractivity contribution in [2.24, 2.45) is 5.41 Å². The molecule has 0 aromatic carbocycles. The molecule has 1 saturated carbocycles. The lowest BCUT2D eigenvalue weighted by atomic mass is 9.81. The van der Waals surface area contributed by atoms with Gasteiger partial charge in [-0.3, -0.25) is 10.1 Å². The Kier molecular flexibility index (Phi) is 2.63. The smallest absolute Gasteiger partial charge is 0.234 e. The highest BCUT2D eigenvalue weighted by Crippen LogP contribution is 2.44. The zero-order chi connectivity index (χ0) is 11.9. The number of hydrogen-bond acceptors (Lipinski definition) is 5. The van der Waals surface area contributed by atoms with E-state index in [1.54, 1.807) is 0 Å². The second kappa shape index (κ2) is 4.03. The fraction of sp³-hybridized carbons (Fsp3) is 0.727. The fourth-order valence-corrected chi connectivity index (χ4v) is 3.34. The summed E-state index contributed by atoms with van der Waals surface area (Å²) < 4.78 is 0.